The maximum absolute atomic E-state index is 13.1. The molecule has 1 heterocycles. The Kier molecular flexibility index (Phi) is 3.88. The van der Waals surface area contributed by atoms with E-state index < -0.39 is 23.5 Å². The summed E-state index contributed by atoms with van der Waals surface area (Å²) in [6.07, 6.45) is 1.21. The van der Waals surface area contributed by atoms with Crippen molar-refractivity contribution in [3.63, 3.8) is 0 Å². The summed E-state index contributed by atoms with van der Waals surface area (Å²) in [7, 11) is 0. The van der Waals surface area contributed by atoms with Crippen LogP contribution in [0.2, 0.25) is 0 Å². The maximum atomic E-state index is 13.1. The van der Waals surface area contributed by atoms with Crippen molar-refractivity contribution in [1.82, 2.24) is 10.9 Å². The van der Waals surface area contributed by atoms with Crippen LogP contribution in [0.3, 0.4) is 0 Å². The van der Waals surface area contributed by atoms with Crippen molar-refractivity contribution in [3.05, 3.63) is 11.6 Å². The third kappa shape index (κ3) is 4.40. The average molecular weight is 248 g/mol. The van der Waals surface area contributed by atoms with Gasteiger partial charge in [-0.15, -0.1) is 0 Å². The standard InChI is InChI=1S/C11H18F2N2O2/c1-10(2,3)17-6-7-5-8(11(4,12)13)14-15-9(7)16/h5,8,14H,6H2,1-4H3,(H,15,16). The zero-order valence-electron chi connectivity index (χ0n) is 10.4. The van der Waals surface area contributed by atoms with Crippen LogP contribution >= 0.6 is 0 Å². The highest BCUT2D eigenvalue weighted by atomic mass is 19.3. The SMILES string of the molecule is CC(C)(C)OCC1=CC(C(C)(F)F)NNC1=O. The Morgan fingerprint density at radius 2 is 1.94 bits per heavy atom. The Hall–Kier alpha value is -1.01. The first-order valence-electron chi connectivity index (χ1n) is 5.38. The predicted octanol–water partition coefficient (Wildman–Crippen LogP) is 1.39. The molecule has 17 heavy (non-hydrogen) atoms. The minimum atomic E-state index is -2.94. The second-order valence-corrected chi connectivity index (χ2v) is 5.13. The zero-order chi connectivity index (χ0) is 13.3. The number of halogens is 2. The average Bonchev–Trinajstić information content (AvgIpc) is 2.13. The van der Waals surface area contributed by atoms with Gasteiger partial charge in [-0.05, 0) is 26.8 Å². The van der Waals surface area contributed by atoms with Gasteiger partial charge in [0.25, 0.3) is 11.8 Å². The van der Waals surface area contributed by atoms with E-state index in [9.17, 15) is 13.6 Å². The van der Waals surface area contributed by atoms with E-state index >= 15 is 0 Å². The molecule has 1 rings (SSSR count). The molecule has 1 atom stereocenters. The van der Waals surface area contributed by atoms with Crippen molar-refractivity contribution in [1.29, 1.82) is 0 Å². The van der Waals surface area contributed by atoms with E-state index in [4.69, 9.17) is 4.74 Å². The van der Waals surface area contributed by atoms with Crippen LogP contribution in [0.1, 0.15) is 27.7 Å². The molecule has 6 heteroatoms. The summed E-state index contributed by atoms with van der Waals surface area (Å²) in [5, 5.41) is 0. The molecule has 0 aromatic rings. The van der Waals surface area contributed by atoms with E-state index in [0.29, 0.717) is 0 Å². The normalized spacial score (nSPS) is 22.1. The summed E-state index contributed by atoms with van der Waals surface area (Å²) in [6.45, 7) is 6.31. The summed E-state index contributed by atoms with van der Waals surface area (Å²) >= 11 is 0. The van der Waals surface area contributed by atoms with Crippen molar-refractivity contribution in [2.75, 3.05) is 6.61 Å². The third-order valence-corrected chi connectivity index (χ3v) is 2.21. The molecule has 1 unspecified atom stereocenters. The summed E-state index contributed by atoms with van der Waals surface area (Å²) in [5.41, 5.74) is 4.25. The van der Waals surface area contributed by atoms with Crippen molar-refractivity contribution < 1.29 is 18.3 Å². The van der Waals surface area contributed by atoms with Crippen LogP contribution in [0.15, 0.2) is 11.6 Å². The van der Waals surface area contributed by atoms with Crippen LogP contribution in [0.25, 0.3) is 0 Å². The van der Waals surface area contributed by atoms with Gasteiger partial charge in [0.05, 0.1) is 12.2 Å². The second-order valence-electron chi connectivity index (χ2n) is 5.13. The number of hydrogen-bond donors (Lipinski definition) is 2. The molecule has 0 aromatic carbocycles. The molecule has 1 aliphatic rings. The van der Waals surface area contributed by atoms with E-state index in [1.807, 2.05) is 20.8 Å². The lowest BCUT2D eigenvalue weighted by molar-refractivity contribution is -0.121. The van der Waals surface area contributed by atoms with Gasteiger partial charge in [-0.2, -0.15) is 0 Å². The molecular formula is C11H18F2N2O2. The lowest BCUT2D eigenvalue weighted by atomic mass is 10.1. The van der Waals surface area contributed by atoms with Crippen molar-refractivity contribution in [2.24, 2.45) is 0 Å². The van der Waals surface area contributed by atoms with Crippen molar-refractivity contribution in [3.8, 4) is 0 Å². The van der Waals surface area contributed by atoms with Crippen LogP contribution in [0, 0.1) is 0 Å². The first-order chi connectivity index (χ1) is 7.59. The summed E-state index contributed by atoms with van der Waals surface area (Å²) < 4.78 is 31.6. The fraction of sp³-hybridized carbons (Fsp3) is 0.727. The summed E-state index contributed by atoms with van der Waals surface area (Å²) in [4.78, 5) is 11.4. The van der Waals surface area contributed by atoms with Gasteiger partial charge >= 0.3 is 0 Å². The molecule has 0 fully saturated rings. The molecule has 0 bridgehead atoms. The zero-order valence-corrected chi connectivity index (χ0v) is 10.4. The number of alkyl halides is 2. The summed E-state index contributed by atoms with van der Waals surface area (Å²) in [6, 6.07) is -1.21. The van der Waals surface area contributed by atoms with E-state index in [1.165, 1.54) is 6.08 Å². The van der Waals surface area contributed by atoms with Crippen LogP contribution in [-0.4, -0.2) is 30.1 Å². The summed E-state index contributed by atoms with van der Waals surface area (Å²) in [5.74, 6) is -3.38. The lowest BCUT2D eigenvalue weighted by Gasteiger charge is -2.28. The van der Waals surface area contributed by atoms with Crippen LogP contribution in [0.5, 0.6) is 0 Å². The van der Waals surface area contributed by atoms with E-state index in [-0.39, 0.29) is 12.2 Å². The van der Waals surface area contributed by atoms with Gasteiger partial charge in [0.1, 0.15) is 6.04 Å². The fourth-order valence-electron chi connectivity index (χ4n) is 1.22. The Morgan fingerprint density at radius 1 is 1.35 bits per heavy atom. The molecule has 0 saturated carbocycles. The maximum Gasteiger partial charge on any atom is 0.265 e. The first kappa shape index (κ1) is 14.1. The molecule has 1 aliphatic heterocycles. The molecule has 0 aliphatic carbocycles. The minimum Gasteiger partial charge on any atom is -0.371 e. The highest BCUT2D eigenvalue weighted by Crippen LogP contribution is 2.21. The van der Waals surface area contributed by atoms with Crippen molar-refractivity contribution in [2.45, 2.75) is 45.3 Å². The molecule has 0 aromatic heterocycles. The van der Waals surface area contributed by atoms with E-state index in [2.05, 4.69) is 10.9 Å². The third-order valence-electron chi connectivity index (χ3n) is 2.21. The molecular weight excluding hydrogens is 230 g/mol. The Morgan fingerprint density at radius 3 is 2.41 bits per heavy atom. The van der Waals surface area contributed by atoms with E-state index in [1.54, 1.807) is 0 Å². The lowest BCUT2D eigenvalue weighted by Crippen LogP contribution is -2.55. The van der Waals surface area contributed by atoms with Gasteiger partial charge in [-0.1, -0.05) is 0 Å². The number of hydrogen-bond acceptors (Lipinski definition) is 3. The van der Waals surface area contributed by atoms with Crippen LogP contribution < -0.4 is 10.9 Å². The molecule has 4 nitrogen and oxygen atoms in total. The van der Waals surface area contributed by atoms with Gasteiger partial charge in [0.2, 0.25) is 0 Å². The quantitative estimate of drug-likeness (QED) is 0.793. The number of hydrazine groups is 1. The number of nitrogens with one attached hydrogen (secondary N) is 2. The molecule has 0 radical (unpaired) electrons. The Bertz CT molecular complexity index is 329. The number of carbonyl (C=O) groups is 1. The fourth-order valence-corrected chi connectivity index (χ4v) is 1.22. The number of carbonyl (C=O) groups excluding carboxylic acids is 1. The molecule has 98 valence electrons. The molecule has 0 spiro atoms. The smallest absolute Gasteiger partial charge is 0.265 e. The Balaban J connectivity index is 2.74. The highest BCUT2D eigenvalue weighted by molar-refractivity contribution is 5.94. The number of ether oxygens (including phenoxy) is 1. The highest BCUT2D eigenvalue weighted by Gasteiger charge is 2.36. The topological polar surface area (TPSA) is 50.4 Å². The first-order valence-corrected chi connectivity index (χ1v) is 5.38. The number of rotatable bonds is 3. The van der Waals surface area contributed by atoms with Gasteiger partial charge in [-0.3, -0.25) is 10.2 Å². The van der Waals surface area contributed by atoms with Crippen LogP contribution in [-0.2, 0) is 9.53 Å². The van der Waals surface area contributed by atoms with Gasteiger partial charge in [0.15, 0.2) is 0 Å². The van der Waals surface area contributed by atoms with Crippen LogP contribution in [0.4, 0.5) is 8.78 Å². The van der Waals surface area contributed by atoms with Gasteiger partial charge in [-0.25, -0.2) is 14.2 Å². The second kappa shape index (κ2) is 4.70. The minimum absolute atomic E-state index is 0.0175. The largest absolute Gasteiger partial charge is 0.371 e. The molecule has 1 amide bonds. The molecule has 0 saturated heterocycles. The number of amides is 1. The predicted molar refractivity (Wildman–Crippen MR) is 59.5 cm³/mol. The van der Waals surface area contributed by atoms with E-state index in [0.717, 1.165) is 6.92 Å². The Labute approximate surface area is 99.4 Å². The van der Waals surface area contributed by atoms with Gasteiger partial charge in [0, 0.05) is 12.5 Å². The van der Waals surface area contributed by atoms with Crippen molar-refractivity contribution >= 4 is 5.91 Å². The van der Waals surface area contributed by atoms with Gasteiger partial charge < -0.3 is 4.74 Å². The monoisotopic (exact) mass is 248 g/mol. The molecule has 2 N–H and O–H groups in total.